The molecule has 3 nitrogen and oxygen atoms in total. The minimum absolute atomic E-state index is 0.841. The number of rotatable bonds is 2. The molecule has 0 aliphatic carbocycles. The van der Waals surface area contributed by atoms with E-state index in [0.29, 0.717) is 0 Å². The van der Waals surface area contributed by atoms with E-state index in [2.05, 4.69) is 57.9 Å². The lowest BCUT2D eigenvalue weighted by Gasteiger charge is -2.05. The van der Waals surface area contributed by atoms with E-state index in [1.807, 2.05) is 11.8 Å². The molecule has 4 aromatic rings. The van der Waals surface area contributed by atoms with Crippen molar-refractivity contribution >= 4 is 32.6 Å². The zero-order valence-corrected chi connectivity index (χ0v) is 11.9. The predicted octanol–water partition coefficient (Wildman–Crippen LogP) is 4.00. The Labute approximate surface area is 120 Å². The van der Waals surface area contributed by atoms with Gasteiger partial charge in [-0.2, -0.15) is 0 Å². The van der Waals surface area contributed by atoms with Crippen LogP contribution in [0.25, 0.3) is 21.3 Å². The fourth-order valence-corrected chi connectivity index (χ4v) is 3.24. The maximum atomic E-state index is 4.48. The quantitative estimate of drug-likeness (QED) is 0.555. The van der Waals surface area contributed by atoms with E-state index in [9.17, 15) is 0 Å². The van der Waals surface area contributed by atoms with Crippen molar-refractivity contribution in [2.75, 3.05) is 0 Å². The first-order valence-corrected chi connectivity index (χ1v) is 7.41. The first kappa shape index (κ1) is 11.6. The molecule has 0 spiro atoms. The van der Waals surface area contributed by atoms with Crippen LogP contribution in [-0.4, -0.2) is 14.5 Å². The highest BCUT2D eigenvalue weighted by Gasteiger charge is 2.04. The van der Waals surface area contributed by atoms with Crippen molar-refractivity contribution in [3.63, 3.8) is 0 Å². The molecular formula is C16H13N3S. The topological polar surface area (TPSA) is 30.7 Å². The van der Waals surface area contributed by atoms with Crippen LogP contribution in [0, 0.1) is 6.92 Å². The third-order valence-electron chi connectivity index (χ3n) is 3.53. The number of hydrogen-bond acceptors (Lipinski definition) is 3. The second-order valence-corrected chi connectivity index (χ2v) is 5.91. The maximum absolute atomic E-state index is 4.48. The Hall–Kier alpha value is -2.20. The fourth-order valence-electron chi connectivity index (χ4n) is 2.49. The molecule has 0 unspecified atom stereocenters. The average molecular weight is 279 g/mol. The van der Waals surface area contributed by atoms with E-state index < -0.39 is 0 Å². The Morgan fingerprint density at radius 3 is 2.95 bits per heavy atom. The monoisotopic (exact) mass is 279 g/mol. The highest BCUT2D eigenvalue weighted by atomic mass is 32.1. The third kappa shape index (κ3) is 1.89. The Kier molecular flexibility index (Phi) is 2.57. The molecule has 0 atom stereocenters. The molecule has 0 radical (unpaired) electrons. The molecule has 98 valence electrons. The van der Waals surface area contributed by atoms with Crippen LogP contribution in [0.1, 0.15) is 11.1 Å². The Bertz CT molecular complexity index is 904. The van der Waals surface area contributed by atoms with Gasteiger partial charge in [-0.25, -0.2) is 9.97 Å². The van der Waals surface area contributed by atoms with Gasteiger partial charge in [0.15, 0.2) is 0 Å². The van der Waals surface area contributed by atoms with Crippen LogP contribution in [0.3, 0.4) is 0 Å². The maximum Gasteiger partial charge on any atom is 0.0961 e. The third-order valence-corrected chi connectivity index (χ3v) is 4.32. The second kappa shape index (κ2) is 4.42. The van der Waals surface area contributed by atoms with Crippen molar-refractivity contribution in [3.05, 3.63) is 59.4 Å². The number of aryl methyl sites for hydroxylation is 1. The summed E-state index contributed by atoms with van der Waals surface area (Å²) >= 11 is 1.68. The van der Waals surface area contributed by atoms with Crippen molar-refractivity contribution in [1.82, 2.24) is 14.5 Å². The number of nitrogens with zero attached hydrogens (tertiary/aromatic N) is 3. The summed E-state index contributed by atoms with van der Waals surface area (Å²) < 4.78 is 3.43. The average Bonchev–Trinajstić information content (AvgIpc) is 3.05. The first-order chi connectivity index (χ1) is 9.79. The van der Waals surface area contributed by atoms with Crippen molar-refractivity contribution in [2.24, 2.45) is 0 Å². The molecule has 0 saturated carbocycles. The van der Waals surface area contributed by atoms with Gasteiger partial charge in [0, 0.05) is 6.54 Å². The molecule has 4 rings (SSSR count). The second-order valence-electron chi connectivity index (χ2n) is 5.02. The highest BCUT2D eigenvalue weighted by Crippen LogP contribution is 2.21. The Balaban J connectivity index is 1.76. The van der Waals surface area contributed by atoms with Crippen molar-refractivity contribution < 1.29 is 0 Å². The van der Waals surface area contributed by atoms with Gasteiger partial charge in [0.2, 0.25) is 0 Å². The molecule has 0 amide bonds. The molecule has 0 aliphatic rings. The Morgan fingerprint density at radius 2 is 2.00 bits per heavy atom. The van der Waals surface area contributed by atoms with Gasteiger partial charge in [-0.1, -0.05) is 12.1 Å². The molecule has 0 fully saturated rings. The molecule has 0 N–H and O–H groups in total. The van der Waals surface area contributed by atoms with Crippen LogP contribution >= 0.6 is 11.3 Å². The van der Waals surface area contributed by atoms with E-state index in [1.54, 1.807) is 11.3 Å². The number of benzene rings is 2. The van der Waals surface area contributed by atoms with E-state index in [1.165, 1.54) is 21.3 Å². The number of aromatic nitrogens is 3. The number of hydrogen-bond donors (Lipinski definition) is 0. The van der Waals surface area contributed by atoms with E-state index in [-0.39, 0.29) is 0 Å². The minimum atomic E-state index is 0.841. The lowest BCUT2D eigenvalue weighted by atomic mass is 10.2. The summed E-state index contributed by atoms with van der Waals surface area (Å²) in [5.74, 6) is 0. The molecule has 20 heavy (non-hydrogen) atoms. The largest absolute Gasteiger partial charge is 0.326 e. The van der Waals surface area contributed by atoms with Gasteiger partial charge in [-0.15, -0.1) is 11.3 Å². The summed E-state index contributed by atoms with van der Waals surface area (Å²) in [5, 5.41) is 0. The van der Waals surface area contributed by atoms with Gasteiger partial charge in [-0.05, 0) is 42.3 Å². The molecule has 4 heteroatoms. The van der Waals surface area contributed by atoms with Crippen LogP contribution in [0.5, 0.6) is 0 Å². The number of fused-ring (bicyclic) bond motifs is 2. The van der Waals surface area contributed by atoms with Crippen molar-refractivity contribution in [3.8, 4) is 0 Å². The zero-order chi connectivity index (χ0) is 13.5. The number of thiazole rings is 1. The lowest BCUT2D eigenvalue weighted by molar-refractivity contribution is 0.826. The van der Waals surface area contributed by atoms with Crippen LogP contribution < -0.4 is 0 Å². The molecule has 2 aromatic carbocycles. The van der Waals surface area contributed by atoms with Gasteiger partial charge in [0.05, 0.1) is 33.1 Å². The molecular weight excluding hydrogens is 266 g/mol. The number of imidazole rings is 1. The van der Waals surface area contributed by atoms with Gasteiger partial charge >= 0.3 is 0 Å². The molecule has 0 aliphatic heterocycles. The summed E-state index contributed by atoms with van der Waals surface area (Å²) in [6.45, 7) is 2.93. The van der Waals surface area contributed by atoms with Crippen LogP contribution in [-0.2, 0) is 6.54 Å². The minimum Gasteiger partial charge on any atom is -0.326 e. The van der Waals surface area contributed by atoms with E-state index in [0.717, 1.165) is 17.6 Å². The molecule has 2 heterocycles. The van der Waals surface area contributed by atoms with E-state index >= 15 is 0 Å². The standard InChI is InChI=1S/C16H13N3S/c1-11-2-5-15-14(6-11)17-9-19(15)8-12-3-4-13-16(7-12)20-10-18-13/h2-7,9-10H,8H2,1H3. The van der Waals surface area contributed by atoms with Gasteiger partial charge in [0.1, 0.15) is 0 Å². The zero-order valence-electron chi connectivity index (χ0n) is 11.1. The van der Waals surface area contributed by atoms with E-state index in [4.69, 9.17) is 0 Å². The summed E-state index contributed by atoms with van der Waals surface area (Å²) in [5.41, 5.74) is 7.73. The van der Waals surface area contributed by atoms with Crippen molar-refractivity contribution in [2.45, 2.75) is 13.5 Å². The Morgan fingerprint density at radius 1 is 1.05 bits per heavy atom. The normalized spacial score (nSPS) is 11.4. The lowest BCUT2D eigenvalue weighted by Crippen LogP contribution is -1.97. The first-order valence-electron chi connectivity index (χ1n) is 6.53. The van der Waals surface area contributed by atoms with Gasteiger partial charge < -0.3 is 4.57 Å². The van der Waals surface area contributed by atoms with Crippen molar-refractivity contribution in [1.29, 1.82) is 0 Å². The predicted molar refractivity (Wildman–Crippen MR) is 83.2 cm³/mol. The summed E-state index contributed by atoms with van der Waals surface area (Å²) in [7, 11) is 0. The van der Waals surface area contributed by atoms with Gasteiger partial charge in [-0.3, -0.25) is 0 Å². The summed E-state index contributed by atoms with van der Waals surface area (Å²) in [6.07, 6.45) is 1.92. The fraction of sp³-hybridized carbons (Fsp3) is 0.125. The smallest absolute Gasteiger partial charge is 0.0961 e. The summed E-state index contributed by atoms with van der Waals surface area (Å²) in [6, 6.07) is 12.8. The van der Waals surface area contributed by atoms with Crippen LogP contribution in [0.15, 0.2) is 48.2 Å². The molecule has 0 saturated heterocycles. The SMILES string of the molecule is Cc1ccc2c(c1)ncn2Cc1ccc2ncsc2c1. The van der Waals surface area contributed by atoms with Crippen LogP contribution in [0.4, 0.5) is 0 Å². The summed E-state index contributed by atoms with van der Waals surface area (Å²) in [4.78, 5) is 8.80. The molecule has 0 bridgehead atoms. The van der Waals surface area contributed by atoms with Crippen LogP contribution in [0.2, 0.25) is 0 Å². The highest BCUT2D eigenvalue weighted by molar-refractivity contribution is 7.16. The van der Waals surface area contributed by atoms with Gasteiger partial charge in [0.25, 0.3) is 0 Å². The molecule has 2 aromatic heterocycles.